The highest BCUT2D eigenvalue weighted by Crippen LogP contribution is 2.23. The first-order chi connectivity index (χ1) is 15.3. The fraction of sp³-hybridized carbons (Fsp3) is 0.208. The van der Waals surface area contributed by atoms with E-state index in [2.05, 4.69) is 10.6 Å². The molecule has 32 heavy (non-hydrogen) atoms. The molecule has 0 fully saturated rings. The molecule has 0 saturated heterocycles. The zero-order chi connectivity index (χ0) is 23.1. The Morgan fingerprint density at radius 3 is 2.41 bits per heavy atom. The molecule has 8 heteroatoms. The van der Waals surface area contributed by atoms with E-state index >= 15 is 0 Å². The number of ether oxygens (including phenoxy) is 1. The van der Waals surface area contributed by atoms with Crippen molar-refractivity contribution in [3.63, 3.8) is 0 Å². The molecular weight excluding hydrogens is 432 g/mol. The molecule has 2 N–H and O–H groups in total. The molecule has 3 rings (SSSR count). The summed E-state index contributed by atoms with van der Waals surface area (Å²) in [4.78, 5) is 35.9. The van der Waals surface area contributed by atoms with Crippen molar-refractivity contribution in [2.24, 2.45) is 0 Å². The lowest BCUT2D eigenvalue weighted by Gasteiger charge is -2.08. The van der Waals surface area contributed by atoms with Crippen LogP contribution in [0.25, 0.3) is 11.3 Å². The number of hydrogen-bond donors (Lipinski definition) is 2. The number of benzene rings is 2. The maximum absolute atomic E-state index is 12.1. The standard InChI is InChI=1S/C24H23ClN2O5/c1-15-3-4-18(11-16(15)2)24(30)27-13-23(29)31-14-22(28)26-12-20-9-10-21(32-20)17-5-7-19(25)8-6-17/h3-11H,12-14H2,1-2H3,(H,26,28)(H,27,30). The van der Waals surface area contributed by atoms with E-state index < -0.39 is 18.5 Å². The van der Waals surface area contributed by atoms with Gasteiger partial charge in [-0.1, -0.05) is 17.7 Å². The number of carbonyl (C=O) groups is 3. The molecule has 7 nitrogen and oxygen atoms in total. The topological polar surface area (TPSA) is 97.6 Å². The molecule has 0 bridgehead atoms. The molecule has 1 aromatic heterocycles. The summed E-state index contributed by atoms with van der Waals surface area (Å²) < 4.78 is 10.6. The van der Waals surface area contributed by atoms with Crippen LogP contribution >= 0.6 is 11.6 Å². The average molecular weight is 455 g/mol. The molecule has 0 atom stereocenters. The van der Waals surface area contributed by atoms with Gasteiger partial charge in [0.05, 0.1) is 6.54 Å². The molecule has 0 saturated carbocycles. The first kappa shape index (κ1) is 23.1. The zero-order valence-corrected chi connectivity index (χ0v) is 18.5. The van der Waals surface area contributed by atoms with E-state index in [4.69, 9.17) is 20.8 Å². The van der Waals surface area contributed by atoms with E-state index in [9.17, 15) is 14.4 Å². The van der Waals surface area contributed by atoms with Crippen molar-refractivity contribution in [2.45, 2.75) is 20.4 Å². The van der Waals surface area contributed by atoms with Crippen molar-refractivity contribution < 1.29 is 23.5 Å². The second-order valence-corrected chi connectivity index (χ2v) is 7.63. The fourth-order valence-corrected chi connectivity index (χ4v) is 2.94. The molecule has 0 unspecified atom stereocenters. The average Bonchev–Trinajstić information content (AvgIpc) is 3.26. The maximum Gasteiger partial charge on any atom is 0.325 e. The van der Waals surface area contributed by atoms with Gasteiger partial charge in [-0.3, -0.25) is 14.4 Å². The van der Waals surface area contributed by atoms with Crippen molar-refractivity contribution in [3.05, 3.63) is 82.1 Å². The summed E-state index contributed by atoms with van der Waals surface area (Å²) in [6, 6.07) is 16.0. The van der Waals surface area contributed by atoms with Crippen LogP contribution < -0.4 is 10.6 Å². The normalized spacial score (nSPS) is 10.5. The van der Waals surface area contributed by atoms with Crippen LogP contribution in [0.15, 0.2) is 59.0 Å². The molecule has 2 amide bonds. The Kier molecular flexibility index (Phi) is 7.68. The third kappa shape index (κ3) is 6.46. The van der Waals surface area contributed by atoms with Gasteiger partial charge in [0, 0.05) is 16.1 Å². The Balaban J connectivity index is 1.38. The van der Waals surface area contributed by atoms with Crippen LogP contribution in [0.5, 0.6) is 0 Å². The van der Waals surface area contributed by atoms with E-state index in [0.29, 0.717) is 22.1 Å². The van der Waals surface area contributed by atoms with Crippen LogP contribution in [-0.2, 0) is 20.9 Å². The number of aryl methyl sites for hydroxylation is 2. The van der Waals surface area contributed by atoms with Crippen molar-refractivity contribution in [1.82, 2.24) is 10.6 Å². The van der Waals surface area contributed by atoms with E-state index in [1.54, 1.807) is 36.4 Å². The second-order valence-electron chi connectivity index (χ2n) is 7.19. The predicted molar refractivity (Wildman–Crippen MR) is 120 cm³/mol. The molecule has 166 valence electrons. The number of rotatable bonds is 8. The van der Waals surface area contributed by atoms with Crippen molar-refractivity contribution in [1.29, 1.82) is 0 Å². The fourth-order valence-electron chi connectivity index (χ4n) is 2.81. The van der Waals surface area contributed by atoms with E-state index in [0.717, 1.165) is 16.7 Å². The van der Waals surface area contributed by atoms with Gasteiger partial charge in [0.25, 0.3) is 11.8 Å². The lowest BCUT2D eigenvalue weighted by atomic mass is 10.1. The third-order valence-electron chi connectivity index (χ3n) is 4.78. The van der Waals surface area contributed by atoms with Crippen LogP contribution in [0.4, 0.5) is 0 Å². The van der Waals surface area contributed by atoms with Gasteiger partial charge >= 0.3 is 5.97 Å². The monoisotopic (exact) mass is 454 g/mol. The van der Waals surface area contributed by atoms with Crippen LogP contribution in [-0.4, -0.2) is 30.9 Å². The van der Waals surface area contributed by atoms with Gasteiger partial charge in [0.15, 0.2) is 6.61 Å². The first-order valence-corrected chi connectivity index (χ1v) is 10.3. The molecule has 1 heterocycles. The SMILES string of the molecule is Cc1ccc(C(=O)NCC(=O)OCC(=O)NCc2ccc(-c3ccc(Cl)cc3)o2)cc1C. The van der Waals surface area contributed by atoms with E-state index in [1.807, 2.05) is 32.0 Å². The molecule has 0 aliphatic rings. The summed E-state index contributed by atoms with van der Waals surface area (Å²) in [6.45, 7) is 3.21. The van der Waals surface area contributed by atoms with Crippen molar-refractivity contribution >= 4 is 29.4 Å². The predicted octanol–water partition coefficient (Wildman–Crippen LogP) is 3.81. The highest BCUT2D eigenvalue weighted by atomic mass is 35.5. The molecule has 0 spiro atoms. The van der Waals surface area contributed by atoms with Gasteiger partial charge < -0.3 is 19.8 Å². The largest absolute Gasteiger partial charge is 0.459 e. The number of carbonyl (C=O) groups excluding carboxylic acids is 3. The summed E-state index contributed by atoms with van der Waals surface area (Å²) in [6.07, 6.45) is 0. The Hall–Kier alpha value is -3.58. The van der Waals surface area contributed by atoms with Crippen molar-refractivity contribution in [2.75, 3.05) is 13.2 Å². The number of hydrogen-bond acceptors (Lipinski definition) is 5. The second kappa shape index (κ2) is 10.6. The Labute approximate surface area is 190 Å². The van der Waals surface area contributed by atoms with E-state index in [1.165, 1.54) is 0 Å². The molecular formula is C24H23ClN2O5. The van der Waals surface area contributed by atoms with Gasteiger partial charge in [-0.05, 0) is 73.5 Å². The van der Waals surface area contributed by atoms with Crippen LogP contribution in [0.1, 0.15) is 27.2 Å². The lowest BCUT2D eigenvalue weighted by Crippen LogP contribution is -2.33. The van der Waals surface area contributed by atoms with E-state index in [-0.39, 0.29) is 19.0 Å². The highest BCUT2D eigenvalue weighted by molar-refractivity contribution is 6.30. The van der Waals surface area contributed by atoms with Gasteiger partial charge in [0.2, 0.25) is 0 Å². The summed E-state index contributed by atoms with van der Waals surface area (Å²) in [5.74, 6) is -0.375. The van der Waals surface area contributed by atoms with Crippen molar-refractivity contribution in [3.8, 4) is 11.3 Å². The molecule has 0 aliphatic carbocycles. The van der Waals surface area contributed by atoms with Gasteiger partial charge in [-0.2, -0.15) is 0 Å². The quantitative estimate of drug-likeness (QED) is 0.504. The summed E-state index contributed by atoms with van der Waals surface area (Å²) in [5.41, 5.74) is 3.37. The Morgan fingerprint density at radius 1 is 0.938 bits per heavy atom. The number of halogens is 1. The Morgan fingerprint density at radius 2 is 1.69 bits per heavy atom. The minimum Gasteiger partial charge on any atom is -0.459 e. The van der Waals surface area contributed by atoms with Gasteiger partial charge in [-0.25, -0.2) is 0 Å². The van der Waals surface area contributed by atoms with Gasteiger partial charge in [0.1, 0.15) is 18.1 Å². The Bertz CT molecular complexity index is 1120. The number of furan rings is 1. The number of esters is 1. The number of nitrogens with one attached hydrogen (secondary N) is 2. The maximum atomic E-state index is 12.1. The minimum absolute atomic E-state index is 0.146. The third-order valence-corrected chi connectivity index (χ3v) is 5.03. The van der Waals surface area contributed by atoms with Crippen LogP contribution in [0.3, 0.4) is 0 Å². The van der Waals surface area contributed by atoms with Gasteiger partial charge in [-0.15, -0.1) is 0 Å². The molecule has 3 aromatic rings. The number of amides is 2. The molecule has 0 radical (unpaired) electrons. The summed E-state index contributed by atoms with van der Waals surface area (Å²) in [7, 11) is 0. The lowest BCUT2D eigenvalue weighted by molar-refractivity contribution is -0.147. The zero-order valence-electron chi connectivity index (χ0n) is 17.7. The highest BCUT2D eigenvalue weighted by Gasteiger charge is 2.12. The summed E-state index contributed by atoms with van der Waals surface area (Å²) in [5, 5.41) is 5.72. The molecule has 2 aromatic carbocycles. The minimum atomic E-state index is -0.708. The van der Waals surface area contributed by atoms with Crippen LogP contribution in [0, 0.1) is 13.8 Å². The smallest absolute Gasteiger partial charge is 0.325 e. The summed E-state index contributed by atoms with van der Waals surface area (Å²) >= 11 is 5.88. The first-order valence-electron chi connectivity index (χ1n) is 9.94. The molecule has 0 aliphatic heterocycles. The van der Waals surface area contributed by atoms with Crippen LogP contribution in [0.2, 0.25) is 5.02 Å².